The molecule has 0 unspecified atom stereocenters. The number of thiocarbonyl (C=S) groups is 1. The fourth-order valence-corrected chi connectivity index (χ4v) is 2.53. The zero-order valence-corrected chi connectivity index (χ0v) is 18.1. The molecule has 0 amide bonds. The van der Waals surface area contributed by atoms with Crippen molar-refractivity contribution in [2.45, 2.75) is 26.2 Å². The first-order valence-electron chi connectivity index (χ1n) is 9.52. The molecule has 0 heterocycles. The summed E-state index contributed by atoms with van der Waals surface area (Å²) in [7, 11) is 0. The molecule has 0 saturated heterocycles. The largest absolute Gasteiger partial charge is 0.490 e. The van der Waals surface area contributed by atoms with Crippen LogP contribution in [0, 0.1) is 0 Å². The molecule has 0 saturated carbocycles. The van der Waals surface area contributed by atoms with E-state index in [2.05, 4.69) is 55.3 Å². The number of hydrogen-bond donors (Lipinski definition) is 2. The lowest BCUT2D eigenvalue weighted by molar-refractivity contribution is 0.217. The fourth-order valence-electron chi connectivity index (χ4n) is 2.39. The molecule has 0 bridgehead atoms. The van der Waals surface area contributed by atoms with E-state index in [-0.39, 0.29) is 5.41 Å². The van der Waals surface area contributed by atoms with Gasteiger partial charge in [-0.1, -0.05) is 39.0 Å². The fraction of sp³-hybridized carbons (Fsp3) is 0.304. The second-order valence-corrected chi connectivity index (χ2v) is 7.82. The Bertz CT molecular complexity index is 810. The number of hydrazone groups is 1. The van der Waals surface area contributed by atoms with Gasteiger partial charge in [0.05, 0.1) is 6.21 Å². The summed E-state index contributed by atoms with van der Waals surface area (Å²) in [5.74, 6) is 1.63. The quantitative estimate of drug-likeness (QED) is 0.210. The van der Waals surface area contributed by atoms with E-state index in [0.717, 1.165) is 17.1 Å². The molecule has 0 atom stereocenters. The average Bonchev–Trinajstić information content (AvgIpc) is 2.70. The molecule has 2 N–H and O–H groups in total. The Hall–Kier alpha value is -2.86. The summed E-state index contributed by atoms with van der Waals surface area (Å²) in [6.45, 7) is 11.8. The molecular formula is C23H29N3O2S. The molecule has 2 aromatic rings. The number of rotatable bonds is 9. The zero-order valence-electron chi connectivity index (χ0n) is 17.3. The first kappa shape index (κ1) is 22.4. The molecule has 154 valence electrons. The Morgan fingerprint density at radius 3 is 2.07 bits per heavy atom. The number of nitrogens with zero attached hydrogens (tertiary/aromatic N) is 1. The first-order valence-corrected chi connectivity index (χ1v) is 9.93. The van der Waals surface area contributed by atoms with Crippen molar-refractivity contribution in [2.75, 3.05) is 19.8 Å². The van der Waals surface area contributed by atoms with Gasteiger partial charge in [-0.25, -0.2) is 0 Å². The third-order valence-corrected chi connectivity index (χ3v) is 4.24. The van der Waals surface area contributed by atoms with Gasteiger partial charge in [-0.3, -0.25) is 5.43 Å². The average molecular weight is 412 g/mol. The van der Waals surface area contributed by atoms with Gasteiger partial charge >= 0.3 is 0 Å². The van der Waals surface area contributed by atoms with Crippen LogP contribution < -0.4 is 20.2 Å². The van der Waals surface area contributed by atoms with Gasteiger partial charge in [-0.05, 0) is 65.2 Å². The summed E-state index contributed by atoms with van der Waals surface area (Å²) in [5.41, 5.74) is 5.11. The van der Waals surface area contributed by atoms with Crippen molar-refractivity contribution in [1.29, 1.82) is 0 Å². The molecule has 0 aliphatic carbocycles. The van der Waals surface area contributed by atoms with Crippen LogP contribution in [0.4, 0.5) is 0 Å². The van der Waals surface area contributed by atoms with Gasteiger partial charge in [0.25, 0.3) is 0 Å². The van der Waals surface area contributed by atoms with E-state index in [0.29, 0.717) is 24.9 Å². The molecule has 0 spiro atoms. The number of benzene rings is 2. The molecule has 5 nitrogen and oxygen atoms in total. The minimum Gasteiger partial charge on any atom is -0.490 e. The molecule has 0 fully saturated rings. The Kier molecular flexibility index (Phi) is 8.68. The summed E-state index contributed by atoms with van der Waals surface area (Å²) < 4.78 is 11.5. The SMILES string of the molecule is C=CCNC(=S)NN=Cc1ccc(OCCOc2ccc(C(C)(C)C)cc2)cc1. The Morgan fingerprint density at radius 1 is 1.00 bits per heavy atom. The lowest BCUT2D eigenvalue weighted by Gasteiger charge is -2.19. The van der Waals surface area contributed by atoms with E-state index in [4.69, 9.17) is 21.7 Å². The van der Waals surface area contributed by atoms with E-state index in [1.165, 1.54) is 5.56 Å². The van der Waals surface area contributed by atoms with Crippen LogP contribution in [0.25, 0.3) is 0 Å². The number of hydrogen-bond acceptors (Lipinski definition) is 4. The van der Waals surface area contributed by atoms with E-state index < -0.39 is 0 Å². The number of nitrogens with one attached hydrogen (secondary N) is 2. The summed E-state index contributed by atoms with van der Waals surface area (Å²) >= 11 is 5.06. The van der Waals surface area contributed by atoms with Crippen molar-refractivity contribution in [3.05, 3.63) is 72.3 Å². The van der Waals surface area contributed by atoms with Gasteiger partial charge in [-0.15, -0.1) is 6.58 Å². The lowest BCUT2D eigenvalue weighted by Crippen LogP contribution is -2.31. The third kappa shape index (κ3) is 8.35. The molecule has 0 radical (unpaired) electrons. The predicted octanol–water partition coefficient (Wildman–Crippen LogP) is 4.43. The summed E-state index contributed by atoms with van der Waals surface area (Å²) in [6.07, 6.45) is 3.42. The number of ether oxygens (including phenoxy) is 2. The maximum Gasteiger partial charge on any atom is 0.187 e. The molecule has 0 aliphatic rings. The van der Waals surface area contributed by atoms with Gasteiger partial charge in [0, 0.05) is 6.54 Å². The summed E-state index contributed by atoms with van der Waals surface area (Å²) in [4.78, 5) is 0. The van der Waals surface area contributed by atoms with Crippen LogP contribution in [-0.2, 0) is 5.41 Å². The van der Waals surface area contributed by atoms with Crippen LogP contribution in [0.3, 0.4) is 0 Å². The minimum absolute atomic E-state index is 0.142. The molecule has 2 rings (SSSR count). The van der Waals surface area contributed by atoms with E-state index >= 15 is 0 Å². The van der Waals surface area contributed by atoms with Crippen LogP contribution in [-0.4, -0.2) is 31.1 Å². The molecule has 29 heavy (non-hydrogen) atoms. The topological polar surface area (TPSA) is 54.9 Å². The van der Waals surface area contributed by atoms with E-state index in [9.17, 15) is 0 Å². The molecular weight excluding hydrogens is 382 g/mol. The Labute approximate surface area is 178 Å². The summed E-state index contributed by atoms with van der Waals surface area (Å²) in [5, 5.41) is 7.47. The Morgan fingerprint density at radius 2 is 1.55 bits per heavy atom. The normalized spacial score (nSPS) is 11.1. The van der Waals surface area contributed by atoms with Crippen molar-refractivity contribution >= 4 is 23.5 Å². The molecule has 2 aromatic carbocycles. The zero-order chi connectivity index (χ0) is 21.1. The molecule has 0 aliphatic heterocycles. The standard InChI is InChI=1S/C23H29N3O2S/c1-5-14-24-22(29)26-25-17-18-6-10-20(11-7-18)27-15-16-28-21-12-8-19(9-13-21)23(2,3)4/h5-13,17H,1,14-16H2,2-4H3,(H2,24,26,29). The van der Waals surface area contributed by atoms with Gasteiger partial charge < -0.3 is 14.8 Å². The van der Waals surface area contributed by atoms with Crippen LogP contribution in [0.5, 0.6) is 11.5 Å². The third-order valence-electron chi connectivity index (χ3n) is 4.01. The summed E-state index contributed by atoms with van der Waals surface area (Å²) in [6, 6.07) is 15.9. The molecule has 0 aromatic heterocycles. The monoisotopic (exact) mass is 411 g/mol. The van der Waals surface area contributed by atoms with E-state index in [1.54, 1.807) is 12.3 Å². The Balaban J connectivity index is 1.70. The van der Waals surface area contributed by atoms with Gasteiger partial charge in [0.1, 0.15) is 24.7 Å². The van der Waals surface area contributed by atoms with Crippen LogP contribution in [0.15, 0.2) is 66.3 Å². The van der Waals surface area contributed by atoms with Crippen molar-refractivity contribution in [2.24, 2.45) is 5.10 Å². The van der Waals surface area contributed by atoms with Crippen molar-refractivity contribution in [3.8, 4) is 11.5 Å². The van der Waals surface area contributed by atoms with Gasteiger partial charge in [0.15, 0.2) is 5.11 Å². The highest BCUT2D eigenvalue weighted by Crippen LogP contribution is 2.24. The van der Waals surface area contributed by atoms with Crippen LogP contribution in [0.1, 0.15) is 31.9 Å². The highest BCUT2D eigenvalue weighted by Gasteiger charge is 2.12. The van der Waals surface area contributed by atoms with Crippen molar-refractivity contribution < 1.29 is 9.47 Å². The predicted molar refractivity (Wildman–Crippen MR) is 124 cm³/mol. The maximum absolute atomic E-state index is 5.74. The van der Waals surface area contributed by atoms with Gasteiger partial charge in [-0.2, -0.15) is 5.10 Å². The van der Waals surface area contributed by atoms with Crippen LogP contribution in [0.2, 0.25) is 0 Å². The second kappa shape index (κ2) is 11.2. The smallest absolute Gasteiger partial charge is 0.187 e. The highest BCUT2D eigenvalue weighted by atomic mass is 32.1. The van der Waals surface area contributed by atoms with Crippen molar-refractivity contribution in [1.82, 2.24) is 10.7 Å². The maximum atomic E-state index is 5.74. The van der Waals surface area contributed by atoms with E-state index in [1.807, 2.05) is 36.4 Å². The minimum atomic E-state index is 0.142. The first-order chi connectivity index (χ1) is 13.9. The second-order valence-electron chi connectivity index (χ2n) is 7.41. The molecule has 6 heteroatoms. The highest BCUT2D eigenvalue weighted by molar-refractivity contribution is 7.80. The van der Waals surface area contributed by atoms with Gasteiger partial charge in [0.2, 0.25) is 0 Å². The van der Waals surface area contributed by atoms with Crippen molar-refractivity contribution in [3.63, 3.8) is 0 Å². The van der Waals surface area contributed by atoms with Crippen LogP contribution >= 0.6 is 12.2 Å². The lowest BCUT2D eigenvalue weighted by atomic mass is 9.87.